The van der Waals surface area contributed by atoms with Crippen molar-refractivity contribution in [1.29, 1.82) is 0 Å². The first-order valence-electron chi connectivity index (χ1n) is 18.2. The van der Waals surface area contributed by atoms with Gasteiger partial charge in [0.2, 0.25) is 0 Å². The molecule has 0 aliphatic carbocycles. The summed E-state index contributed by atoms with van der Waals surface area (Å²) in [7, 11) is 3.29. The fraction of sp³-hybridized carbons (Fsp3) is 0.395. The number of nitrogens with two attached hydrogens (primary N) is 1. The minimum atomic E-state index is -0.286. The lowest BCUT2D eigenvalue weighted by Crippen LogP contribution is -2.21. The average molecular weight is 690 g/mol. The van der Waals surface area contributed by atoms with Crippen LogP contribution in [0.1, 0.15) is 86.1 Å². The number of methoxy groups -OCH3 is 1. The second-order valence-electron chi connectivity index (χ2n) is 13.2. The first kappa shape index (κ1) is 37.1. The fourth-order valence-corrected chi connectivity index (χ4v) is 6.64. The van der Waals surface area contributed by atoms with Gasteiger partial charge in [-0.1, -0.05) is 62.4 Å². The van der Waals surface area contributed by atoms with E-state index in [4.69, 9.17) is 19.9 Å². The van der Waals surface area contributed by atoms with Crippen molar-refractivity contribution in [3.05, 3.63) is 94.5 Å². The monoisotopic (exact) mass is 689 g/mol. The van der Waals surface area contributed by atoms with Gasteiger partial charge in [-0.25, -0.2) is 0 Å². The van der Waals surface area contributed by atoms with E-state index in [1.165, 1.54) is 5.56 Å². The van der Waals surface area contributed by atoms with Gasteiger partial charge >= 0.3 is 0 Å². The predicted molar refractivity (Wildman–Crippen MR) is 206 cm³/mol. The number of phenolic OH excluding ortho intramolecular Hbond substituents is 1. The van der Waals surface area contributed by atoms with Crippen molar-refractivity contribution in [2.24, 2.45) is 10.7 Å². The van der Waals surface area contributed by atoms with Crippen molar-refractivity contribution >= 4 is 28.2 Å². The first-order chi connectivity index (χ1) is 24.9. The van der Waals surface area contributed by atoms with Crippen LogP contribution in [0.2, 0.25) is 0 Å². The third-order valence-corrected chi connectivity index (χ3v) is 9.52. The maximum absolute atomic E-state index is 13.2. The molecule has 1 unspecified atom stereocenters. The van der Waals surface area contributed by atoms with Crippen molar-refractivity contribution < 1.29 is 24.1 Å². The summed E-state index contributed by atoms with van der Waals surface area (Å²) < 4.78 is 17.9. The number of hydrogen-bond donors (Lipinski definition) is 3. The first-order valence-corrected chi connectivity index (χ1v) is 18.2. The number of aromatic hydroxyl groups is 1. The molecule has 51 heavy (non-hydrogen) atoms. The van der Waals surface area contributed by atoms with E-state index in [0.717, 1.165) is 90.1 Å². The number of unbranched alkanes of at least 4 members (excludes halogenated alkanes) is 4. The van der Waals surface area contributed by atoms with Crippen LogP contribution in [-0.2, 0) is 41.8 Å². The van der Waals surface area contributed by atoms with Crippen molar-refractivity contribution in [2.75, 3.05) is 19.5 Å². The summed E-state index contributed by atoms with van der Waals surface area (Å²) in [5.74, 6) is 5.22. The lowest BCUT2D eigenvalue weighted by Gasteiger charge is -2.15. The summed E-state index contributed by atoms with van der Waals surface area (Å²) in [6.07, 6.45) is 12.2. The van der Waals surface area contributed by atoms with E-state index in [1.807, 2.05) is 48.5 Å². The Morgan fingerprint density at radius 1 is 1.00 bits per heavy atom. The maximum Gasteiger partial charge on any atom is 0.192 e. The molecule has 4 aromatic rings. The molecule has 0 saturated heterocycles. The van der Waals surface area contributed by atoms with E-state index in [-0.39, 0.29) is 17.6 Å². The number of aliphatic imine (C=N–C) groups is 1. The lowest BCUT2D eigenvalue weighted by atomic mass is 9.94. The second-order valence-corrected chi connectivity index (χ2v) is 13.2. The second kappa shape index (κ2) is 18.7. The van der Waals surface area contributed by atoms with E-state index >= 15 is 0 Å². The summed E-state index contributed by atoms with van der Waals surface area (Å²) in [6, 6.07) is 22.2. The molecule has 2 heterocycles. The van der Waals surface area contributed by atoms with Gasteiger partial charge in [0.15, 0.2) is 17.5 Å². The molecule has 6 bridgehead atoms. The number of benzene rings is 4. The number of nitrogens with one attached hydrogen (secondary N) is 1. The SMILES string of the molecule is CCc1cc(O)c2c3ccc(cc13)COc1cc(ccc1OC)CCC(=O)CC(CCCCCCCc1cccc(NC(N)=NC)c1)OC#CC2. The number of aryl methyl sites for hydroxylation is 3. The van der Waals surface area contributed by atoms with Crippen molar-refractivity contribution in [2.45, 2.75) is 96.7 Å². The Balaban J connectivity index is 1.24. The smallest absolute Gasteiger partial charge is 0.192 e. The predicted octanol–water partition coefficient (Wildman–Crippen LogP) is 8.43. The number of nitrogens with zero attached hydrogens (tertiary/aromatic N) is 1. The highest BCUT2D eigenvalue weighted by Crippen LogP contribution is 2.34. The van der Waals surface area contributed by atoms with Crippen LogP contribution in [0.5, 0.6) is 17.2 Å². The average Bonchev–Trinajstić information content (AvgIpc) is 3.14. The lowest BCUT2D eigenvalue weighted by molar-refractivity contribution is -0.121. The van der Waals surface area contributed by atoms with E-state index < -0.39 is 0 Å². The zero-order chi connectivity index (χ0) is 36.0. The minimum Gasteiger partial charge on any atom is -0.508 e. The summed E-state index contributed by atoms with van der Waals surface area (Å²) in [4.78, 5) is 17.2. The molecule has 0 spiro atoms. The van der Waals surface area contributed by atoms with Gasteiger partial charge in [-0.3, -0.25) is 9.79 Å². The highest BCUT2D eigenvalue weighted by molar-refractivity contribution is 5.92. The molecule has 0 amide bonds. The van der Waals surface area contributed by atoms with Crippen LogP contribution in [0.25, 0.3) is 10.8 Å². The molecule has 8 heteroatoms. The van der Waals surface area contributed by atoms with E-state index in [0.29, 0.717) is 49.7 Å². The number of hydrogen-bond acceptors (Lipinski definition) is 6. The number of anilines is 1. The van der Waals surface area contributed by atoms with E-state index in [2.05, 4.69) is 47.5 Å². The van der Waals surface area contributed by atoms with Gasteiger partial charge in [-0.2, -0.15) is 0 Å². The number of ether oxygens (including phenoxy) is 3. The van der Waals surface area contributed by atoms with Crippen LogP contribution < -0.4 is 20.5 Å². The summed E-state index contributed by atoms with van der Waals surface area (Å²) in [5, 5.41) is 16.1. The summed E-state index contributed by atoms with van der Waals surface area (Å²) in [6.45, 7) is 2.45. The van der Waals surface area contributed by atoms with E-state index in [9.17, 15) is 9.90 Å². The highest BCUT2D eigenvalue weighted by atomic mass is 16.5. The molecule has 4 aromatic carbocycles. The van der Waals surface area contributed by atoms with Crippen LogP contribution in [0, 0.1) is 12.0 Å². The van der Waals surface area contributed by atoms with Crippen LogP contribution in [0.3, 0.4) is 0 Å². The zero-order valence-corrected chi connectivity index (χ0v) is 30.2. The van der Waals surface area contributed by atoms with Crippen molar-refractivity contribution in [3.8, 4) is 29.3 Å². The number of carbonyl (C=O) groups is 1. The number of Topliss-reactive ketones (excluding diaryl/α,β-unsaturated/α-hetero) is 1. The third-order valence-electron chi connectivity index (χ3n) is 9.52. The van der Waals surface area contributed by atoms with Gasteiger partial charge in [0.1, 0.15) is 30.4 Å². The number of rotatable bonds is 11. The molecule has 1 atom stereocenters. The van der Waals surface area contributed by atoms with Gasteiger partial charge in [-0.15, -0.1) is 0 Å². The number of guanidine groups is 1. The molecule has 268 valence electrons. The molecule has 4 N–H and O–H groups in total. The molecule has 0 aromatic heterocycles. The number of fused-ring (bicyclic) bond motifs is 9. The molecular formula is C43H51N3O5. The molecule has 0 fully saturated rings. The Labute approximate surface area is 302 Å². The van der Waals surface area contributed by atoms with Crippen molar-refractivity contribution in [3.63, 3.8) is 0 Å². The number of phenols is 1. The Morgan fingerprint density at radius 3 is 2.65 bits per heavy atom. The zero-order valence-electron chi connectivity index (χ0n) is 30.2. The Morgan fingerprint density at radius 2 is 1.82 bits per heavy atom. The normalized spacial score (nSPS) is 15.2. The standard InChI is InChI=1S/C43H51N3O5/c1-4-33-27-40(48)38-16-11-23-50-36(15-9-7-5-6-8-12-30-13-10-14-34(24-30)46-43(44)45-2)28-35(47)20-17-31-19-22-41(49-3)42(26-31)51-29-32-18-21-37(38)39(33)25-32/h10,13-14,18-19,21-22,24-27,36,48H,4-9,12,15-17,20,28-29H2,1-3H3,(H3,44,45,46). The fourth-order valence-electron chi connectivity index (χ4n) is 6.64. The molecule has 2 aliphatic heterocycles. The molecule has 2 aliphatic rings. The summed E-state index contributed by atoms with van der Waals surface area (Å²) in [5.41, 5.74) is 11.9. The molecule has 0 saturated carbocycles. The molecular weight excluding hydrogens is 638 g/mol. The van der Waals surface area contributed by atoms with Crippen molar-refractivity contribution in [1.82, 2.24) is 0 Å². The molecule has 6 rings (SSSR count). The Hall–Kier alpha value is -5.16. The van der Waals surface area contributed by atoms with Crippen LogP contribution >= 0.6 is 0 Å². The molecule has 0 radical (unpaired) electrons. The van der Waals surface area contributed by atoms with Gasteiger partial charge in [0.25, 0.3) is 0 Å². The third kappa shape index (κ3) is 10.7. The van der Waals surface area contributed by atoms with Gasteiger partial charge in [0, 0.05) is 37.6 Å². The number of ketones is 1. The quantitative estimate of drug-likeness (QED) is 0.0627. The highest BCUT2D eigenvalue weighted by Gasteiger charge is 2.17. The number of carbonyl (C=O) groups excluding carboxylic acids is 1. The summed E-state index contributed by atoms with van der Waals surface area (Å²) >= 11 is 0. The topological polar surface area (TPSA) is 115 Å². The van der Waals surface area contributed by atoms with Crippen LogP contribution in [0.4, 0.5) is 5.69 Å². The molecule has 8 nitrogen and oxygen atoms in total. The van der Waals surface area contributed by atoms with Crippen LogP contribution in [0.15, 0.2) is 71.7 Å². The Bertz CT molecular complexity index is 1890. The Kier molecular flexibility index (Phi) is 13.6. The van der Waals surface area contributed by atoms with Crippen LogP contribution in [-0.4, -0.2) is 37.1 Å². The van der Waals surface area contributed by atoms with E-state index in [1.54, 1.807) is 14.2 Å². The largest absolute Gasteiger partial charge is 0.508 e. The minimum absolute atomic E-state index is 0.147. The van der Waals surface area contributed by atoms with Gasteiger partial charge < -0.3 is 30.4 Å². The van der Waals surface area contributed by atoms with Gasteiger partial charge in [0.05, 0.1) is 7.11 Å². The van der Waals surface area contributed by atoms with Gasteiger partial charge in [-0.05, 0) is 108 Å². The maximum atomic E-state index is 13.2.